The first kappa shape index (κ1) is 12.3. The van der Waals surface area contributed by atoms with Crippen molar-refractivity contribution in [3.05, 3.63) is 35.4 Å². The summed E-state index contributed by atoms with van der Waals surface area (Å²) in [6.45, 7) is 0. The molecule has 0 saturated carbocycles. The van der Waals surface area contributed by atoms with Crippen molar-refractivity contribution < 1.29 is 4.74 Å². The average molecular weight is 265 g/mol. The molecule has 0 bridgehead atoms. The maximum atomic E-state index is 5.94. The van der Waals surface area contributed by atoms with Gasteiger partial charge in [0, 0.05) is 5.02 Å². The van der Waals surface area contributed by atoms with Crippen molar-refractivity contribution in [3.63, 3.8) is 0 Å². The van der Waals surface area contributed by atoms with Crippen LogP contribution in [0.1, 0.15) is 0 Å². The van der Waals surface area contributed by atoms with Gasteiger partial charge in [0.25, 0.3) is 0 Å². The molecular weight excluding hydrogens is 252 g/mol. The maximum Gasteiger partial charge on any atom is 0.149 e. The average Bonchev–Trinajstić information content (AvgIpc) is 2.34. The van der Waals surface area contributed by atoms with Crippen LogP contribution in [0, 0.1) is 0 Å². The number of ether oxygens (including phenoxy) is 1. The van der Waals surface area contributed by atoms with E-state index in [2.05, 4.69) is 10.3 Å². The molecule has 0 saturated heterocycles. The lowest BCUT2D eigenvalue weighted by atomic mass is 10.3. The third-order valence-corrected chi connectivity index (χ3v) is 2.62. The Hall–Kier alpha value is -2.14. The van der Waals surface area contributed by atoms with Crippen LogP contribution in [0.3, 0.4) is 0 Å². The van der Waals surface area contributed by atoms with E-state index >= 15 is 0 Å². The first-order chi connectivity index (χ1) is 8.60. The molecule has 2 aromatic rings. The van der Waals surface area contributed by atoms with E-state index < -0.39 is 0 Å². The Kier molecular flexibility index (Phi) is 3.43. The molecule has 0 amide bonds. The molecule has 18 heavy (non-hydrogen) atoms. The summed E-state index contributed by atoms with van der Waals surface area (Å²) in [5.74, 6) is 1.51. The van der Waals surface area contributed by atoms with Gasteiger partial charge in [0.15, 0.2) is 0 Å². The van der Waals surface area contributed by atoms with Crippen molar-refractivity contribution >= 4 is 34.6 Å². The van der Waals surface area contributed by atoms with E-state index in [9.17, 15) is 0 Å². The van der Waals surface area contributed by atoms with Crippen LogP contribution in [-0.4, -0.2) is 12.1 Å². The number of halogens is 1. The fourth-order valence-electron chi connectivity index (χ4n) is 1.47. The van der Waals surface area contributed by atoms with Crippen LogP contribution >= 0.6 is 11.6 Å². The molecule has 2 rings (SSSR count). The van der Waals surface area contributed by atoms with Crippen molar-refractivity contribution in [2.24, 2.45) is 0 Å². The van der Waals surface area contributed by atoms with Gasteiger partial charge < -0.3 is 21.5 Å². The number of nitrogens with two attached hydrogens (primary N) is 2. The van der Waals surface area contributed by atoms with Gasteiger partial charge in [-0.05, 0) is 30.3 Å². The van der Waals surface area contributed by atoms with Crippen LogP contribution in [0.5, 0.6) is 5.75 Å². The van der Waals surface area contributed by atoms with Gasteiger partial charge in [-0.15, -0.1) is 0 Å². The van der Waals surface area contributed by atoms with Crippen LogP contribution in [0.4, 0.5) is 23.0 Å². The summed E-state index contributed by atoms with van der Waals surface area (Å²) in [4.78, 5) is 4.12. The Morgan fingerprint density at radius 2 is 2.00 bits per heavy atom. The number of methoxy groups -OCH3 is 1. The first-order valence-corrected chi connectivity index (χ1v) is 5.60. The Labute approximate surface area is 110 Å². The molecule has 0 radical (unpaired) electrons. The predicted octanol–water partition coefficient (Wildman–Crippen LogP) is 2.65. The second-order valence-corrected chi connectivity index (χ2v) is 4.08. The summed E-state index contributed by atoms with van der Waals surface area (Å²) in [5.41, 5.74) is 12.4. The minimum Gasteiger partial charge on any atom is -0.495 e. The molecule has 0 aliphatic carbocycles. The summed E-state index contributed by atoms with van der Waals surface area (Å²) in [6.07, 6.45) is 0. The van der Waals surface area contributed by atoms with Gasteiger partial charge in [0.05, 0.1) is 18.5 Å². The number of nitrogens with one attached hydrogen (secondary N) is 1. The lowest BCUT2D eigenvalue weighted by Gasteiger charge is -2.11. The third kappa shape index (κ3) is 2.57. The van der Waals surface area contributed by atoms with Crippen molar-refractivity contribution in [2.75, 3.05) is 23.9 Å². The third-order valence-electron chi connectivity index (χ3n) is 2.38. The molecular formula is C12H13ClN4O. The second kappa shape index (κ2) is 5.01. The number of nitrogens with zero attached hydrogens (tertiary/aromatic N) is 1. The molecule has 0 fully saturated rings. The fourth-order valence-corrected chi connectivity index (χ4v) is 1.64. The minimum absolute atomic E-state index is 0.279. The van der Waals surface area contributed by atoms with Gasteiger partial charge in [-0.3, -0.25) is 0 Å². The molecule has 1 aromatic carbocycles. The zero-order valence-electron chi connectivity index (χ0n) is 9.77. The highest BCUT2D eigenvalue weighted by Crippen LogP contribution is 2.30. The summed E-state index contributed by atoms with van der Waals surface area (Å²) in [6, 6.07) is 8.67. The van der Waals surface area contributed by atoms with Gasteiger partial charge >= 0.3 is 0 Å². The number of rotatable bonds is 3. The SMILES string of the molecule is COc1ccc(Cl)cc1Nc1ccc(N)c(N)n1. The van der Waals surface area contributed by atoms with E-state index in [4.69, 9.17) is 27.8 Å². The van der Waals surface area contributed by atoms with Crippen molar-refractivity contribution in [2.45, 2.75) is 0 Å². The number of anilines is 4. The van der Waals surface area contributed by atoms with E-state index in [0.717, 1.165) is 0 Å². The lowest BCUT2D eigenvalue weighted by molar-refractivity contribution is 0.417. The fraction of sp³-hybridized carbons (Fsp3) is 0.0833. The number of nitrogen functional groups attached to an aromatic ring is 2. The van der Waals surface area contributed by atoms with Crippen molar-refractivity contribution in [1.82, 2.24) is 4.98 Å². The van der Waals surface area contributed by atoms with Crippen molar-refractivity contribution in [3.8, 4) is 5.75 Å². The summed E-state index contributed by atoms with van der Waals surface area (Å²) in [7, 11) is 1.58. The largest absolute Gasteiger partial charge is 0.495 e. The second-order valence-electron chi connectivity index (χ2n) is 3.64. The van der Waals surface area contributed by atoms with Gasteiger partial charge in [0.2, 0.25) is 0 Å². The topological polar surface area (TPSA) is 86.2 Å². The standard InChI is InChI=1S/C12H13ClN4O/c1-18-10-4-2-7(13)6-9(10)16-11-5-3-8(14)12(15)17-11/h2-6H,14H2,1H3,(H3,15,16,17). The van der Waals surface area contributed by atoms with E-state index in [1.807, 2.05) is 0 Å². The number of pyridine rings is 1. The zero-order valence-corrected chi connectivity index (χ0v) is 10.5. The molecule has 6 heteroatoms. The van der Waals surface area contributed by atoms with Crippen LogP contribution in [0.15, 0.2) is 30.3 Å². The van der Waals surface area contributed by atoms with Crippen molar-refractivity contribution in [1.29, 1.82) is 0 Å². The molecule has 0 aliphatic heterocycles. The Morgan fingerprint density at radius 3 is 2.67 bits per heavy atom. The summed E-state index contributed by atoms with van der Waals surface area (Å²) in [5, 5.41) is 3.68. The maximum absolute atomic E-state index is 5.94. The number of benzene rings is 1. The highest BCUT2D eigenvalue weighted by atomic mass is 35.5. The van der Waals surface area contributed by atoms with E-state index in [-0.39, 0.29) is 5.82 Å². The molecule has 1 heterocycles. The van der Waals surface area contributed by atoms with Gasteiger partial charge in [-0.25, -0.2) is 4.98 Å². The molecule has 5 N–H and O–H groups in total. The Balaban J connectivity index is 2.33. The molecule has 0 atom stereocenters. The highest BCUT2D eigenvalue weighted by molar-refractivity contribution is 6.31. The monoisotopic (exact) mass is 264 g/mol. The predicted molar refractivity (Wildman–Crippen MR) is 74.3 cm³/mol. The molecule has 0 unspecified atom stereocenters. The quantitative estimate of drug-likeness (QED) is 0.793. The van der Waals surface area contributed by atoms with Gasteiger partial charge in [0.1, 0.15) is 17.4 Å². The Bertz CT molecular complexity index is 574. The van der Waals surface area contributed by atoms with E-state index in [0.29, 0.717) is 28.0 Å². The number of aromatic nitrogens is 1. The molecule has 94 valence electrons. The van der Waals surface area contributed by atoms with Crippen LogP contribution in [-0.2, 0) is 0 Å². The lowest BCUT2D eigenvalue weighted by Crippen LogP contribution is -2.02. The smallest absolute Gasteiger partial charge is 0.149 e. The summed E-state index contributed by atoms with van der Waals surface area (Å²) < 4.78 is 5.22. The summed E-state index contributed by atoms with van der Waals surface area (Å²) >= 11 is 5.94. The molecule has 5 nitrogen and oxygen atoms in total. The number of hydrogen-bond donors (Lipinski definition) is 3. The van der Waals surface area contributed by atoms with Gasteiger partial charge in [-0.2, -0.15) is 0 Å². The Morgan fingerprint density at radius 1 is 1.22 bits per heavy atom. The molecule has 0 aliphatic rings. The van der Waals surface area contributed by atoms with E-state index in [1.54, 1.807) is 37.4 Å². The van der Waals surface area contributed by atoms with E-state index in [1.165, 1.54) is 0 Å². The molecule has 1 aromatic heterocycles. The first-order valence-electron chi connectivity index (χ1n) is 5.22. The normalized spacial score (nSPS) is 10.1. The zero-order chi connectivity index (χ0) is 13.1. The highest BCUT2D eigenvalue weighted by Gasteiger charge is 2.06. The van der Waals surface area contributed by atoms with Crippen LogP contribution in [0.2, 0.25) is 5.02 Å². The molecule has 0 spiro atoms. The van der Waals surface area contributed by atoms with Crippen LogP contribution in [0.25, 0.3) is 0 Å². The van der Waals surface area contributed by atoms with Crippen LogP contribution < -0.4 is 21.5 Å². The minimum atomic E-state index is 0.279. The van der Waals surface area contributed by atoms with Gasteiger partial charge in [-0.1, -0.05) is 11.6 Å². The number of hydrogen-bond acceptors (Lipinski definition) is 5.